The summed E-state index contributed by atoms with van der Waals surface area (Å²) in [4.78, 5) is 33.6. The molecule has 30 heavy (non-hydrogen) atoms. The SMILES string of the molecule is CCCCCCCCCCCCCCCC(=O)OC[C@H](CO)OC(=O)CCCC=O. The molecule has 1 atom stereocenters. The maximum atomic E-state index is 11.8. The van der Waals surface area contributed by atoms with Crippen LogP contribution in [0.5, 0.6) is 0 Å². The maximum absolute atomic E-state index is 11.8. The molecule has 1 N–H and O–H groups in total. The van der Waals surface area contributed by atoms with Crippen LogP contribution < -0.4 is 0 Å². The van der Waals surface area contributed by atoms with Crippen LogP contribution in [0.4, 0.5) is 0 Å². The largest absolute Gasteiger partial charge is 0.462 e. The second-order valence-corrected chi connectivity index (χ2v) is 8.03. The van der Waals surface area contributed by atoms with Crippen LogP contribution in [0, 0.1) is 0 Å². The number of rotatable bonds is 22. The standard InChI is InChI=1S/C24H44O6/c1-2-3-4-5-6-7-8-9-10-11-12-13-14-17-23(27)29-21-22(20-26)30-24(28)18-15-16-19-25/h19,22,26H,2-18,20-21H2,1H3/t22-/m0/s1. The lowest BCUT2D eigenvalue weighted by molar-refractivity contribution is -0.161. The van der Waals surface area contributed by atoms with E-state index >= 15 is 0 Å². The number of aliphatic hydroxyl groups excluding tert-OH is 1. The summed E-state index contributed by atoms with van der Waals surface area (Å²) in [6, 6.07) is 0. The van der Waals surface area contributed by atoms with Crippen molar-refractivity contribution in [3.8, 4) is 0 Å². The number of aliphatic hydroxyl groups is 1. The van der Waals surface area contributed by atoms with E-state index in [0.29, 0.717) is 19.3 Å². The number of ether oxygens (including phenoxy) is 2. The van der Waals surface area contributed by atoms with Gasteiger partial charge >= 0.3 is 11.9 Å². The van der Waals surface area contributed by atoms with E-state index in [-0.39, 0.29) is 19.0 Å². The van der Waals surface area contributed by atoms with Crippen molar-refractivity contribution in [1.82, 2.24) is 0 Å². The molecule has 0 saturated carbocycles. The molecule has 0 aromatic carbocycles. The summed E-state index contributed by atoms with van der Waals surface area (Å²) in [6.45, 7) is 1.72. The Morgan fingerprint density at radius 3 is 1.77 bits per heavy atom. The van der Waals surface area contributed by atoms with Crippen LogP contribution in [-0.4, -0.2) is 42.6 Å². The maximum Gasteiger partial charge on any atom is 0.306 e. The molecule has 0 saturated heterocycles. The molecule has 0 aromatic heterocycles. The summed E-state index contributed by atoms with van der Waals surface area (Å²) in [5, 5.41) is 9.23. The predicted octanol–water partition coefficient (Wildman–Crippen LogP) is 5.28. The molecule has 0 aliphatic rings. The molecule has 6 heteroatoms. The summed E-state index contributed by atoms with van der Waals surface area (Å²) in [5.74, 6) is -0.822. The van der Waals surface area contributed by atoms with Crippen LogP contribution in [0.25, 0.3) is 0 Å². The van der Waals surface area contributed by atoms with Crippen LogP contribution in [0.15, 0.2) is 0 Å². The van der Waals surface area contributed by atoms with Crippen molar-refractivity contribution >= 4 is 18.2 Å². The Morgan fingerprint density at radius 1 is 0.767 bits per heavy atom. The average molecular weight is 429 g/mol. The molecule has 0 aliphatic heterocycles. The average Bonchev–Trinajstić information content (AvgIpc) is 2.74. The second-order valence-electron chi connectivity index (χ2n) is 8.03. The number of unbranched alkanes of at least 4 members (excludes halogenated alkanes) is 13. The number of esters is 2. The van der Waals surface area contributed by atoms with Crippen molar-refractivity contribution in [2.45, 2.75) is 122 Å². The Bertz CT molecular complexity index is 424. The molecule has 0 amide bonds. The quantitative estimate of drug-likeness (QED) is 0.143. The normalized spacial score (nSPS) is 11.8. The van der Waals surface area contributed by atoms with Gasteiger partial charge in [0.1, 0.15) is 12.9 Å². The van der Waals surface area contributed by atoms with E-state index in [1.807, 2.05) is 0 Å². The molecule has 0 bridgehead atoms. The van der Waals surface area contributed by atoms with E-state index < -0.39 is 18.7 Å². The fraction of sp³-hybridized carbons (Fsp3) is 0.875. The summed E-state index contributed by atoms with van der Waals surface area (Å²) < 4.78 is 10.1. The highest BCUT2D eigenvalue weighted by atomic mass is 16.6. The van der Waals surface area contributed by atoms with Crippen molar-refractivity contribution in [3.63, 3.8) is 0 Å². The lowest BCUT2D eigenvalue weighted by Crippen LogP contribution is -2.28. The van der Waals surface area contributed by atoms with Gasteiger partial charge in [-0.15, -0.1) is 0 Å². The summed E-state index contributed by atoms with van der Waals surface area (Å²) in [5.41, 5.74) is 0. The minimum Gasteiger partial charge on any atom is -0.462 e. The van der Waals surface area contributed by atoms with Gasteiger partial charge in [-0.1, -0.05) is 84.0 Å². The van der Waals surface area contributed by atoms with E-state index in [1.54, 1.807) is 0 Å². The molecule has 6 nitrogen and oxygen atoms in total. The van der Waals surface area contributed by atoms with Crippen molar-refractivity contribution in [3.05, 3.63) is 0 Å². The van der Waals surface area contributed by atoms with E-state index in [2.05, 4.69) is 6.92 Å². The van der Waals surface area contributed by atoms with Gasteiger partial charge in [0, 0.05) is 19.3 Å². The lowest BCUT2D eigenvalue weighted by Gasteiger charge is -2.15. The minimum absolute atomic E-state index is 0.113. The highest BCUT2D eigenvalue weighted by Gasteiger charge is 2.15. The fourth-order valence-corrected chi connectivity index (χ4v) is 3.24. The Labute approximate surface area is 183 Å². The third-order valence-corrected chi connectivity index (χ3v) is 5.12. The van der Waals surface area contributed by atoms with E-state index in [0.717, 1.165) is 25.5 Å². The van der Waals surface area contributed by atoms with Crippen LogP contribution in [-0.2, 0) is 23.9 Å². The van der Waals surface area contributed by atoms with Gasteiger partial charge in [0.2, 0.25) is 0 Å². The zero-order valence-electron chi connectivity index (χ0n) is 19.1. The molecule has 0 spiro atoms. The lowest BCUT2D eigenvalue weighted by atomic mass is 10.0. The van der Waals surface area contributed by atoms with Crippen molar-refractivity contribution in [2.75, 3.05) is 13.2 Å². The molecule has 0 radical (unpaired) electrons. The molecular formula is C24H44O6. The molecular weight excluding hydrogens is 384 g/mol. The highest BCUT2D eigenvalue weighted by Crippen LogP contribution is 2.13. The van der Waals surface area contributed by atoms with Crippen LogP contribution >= 0.6 is 0 Å². The number of aldehydes is 1. The van der Waals surface area contributed by atoms with Gasteiger partial charge in [0.15, 0.2) is 6.10 Å². The van der Waals surface area contributed by atoms with Gasteiger partial charge in [-0.25, -0.2) is 0 Å². The molecule has 0 rings (SSSR count). The first kappa shape index (κ1) is 28.6. The molecule has 0 fully saturated rings. The first-order chi connectivity index (χ1) is 14.6. The summed E-state index contributed by atoms with van der Waals surface area (Å²) >= 11 is 0. The number of hydrogen-bond acceptors (Lipinski definition) is 6. The molecule has 0 heterocycles. The van der Waals surface area contributed by atoms with E-state index in [9.17, 15) is 19.5 Å². The third kappa shape index (κ3) is 19.9. The predicted molar refractivity (Wildman–Crippen MR) is 118 cm³/mol. The molecule has 0 aromatic rings. The van der Waals surface area contributed by atoms with Crippen molar-refractivity contribution in [1.29, 1.82) is 0 Å². The Hall–Kier alpha value is -1.43. The molecule has 0 aliphatic carbocycles. The van der Waals surface area contributed by atoms with Gasteiger partial charge < -0.3 is 19.4 Å². The Balaban J connectivity index is 3.51. The van der Waals surface area contributed by atoms with Crippen LogP contribution in [0.1, 0.15) is 116 Å². The minimum atomic E-state index is -0.843. The van der Waals surface area contributed by atoms with Gasteiger partial charge in [0.25, 0.3) is 0 Å². The highest BCUT2D eigenvalue weighted by molar-refractivity contribution is 5.70. The molecule has 176 valence electrons. The topological polar surface area (TPSA) is 89.9 Å². The Morgan fingerprint density at radius 2 is 1.27 bits per heavy atom. The Kier molecular flexibility index (Phi) is 21.2. The third-order valence-electron chi connectivity index (χ3n) is 5.12. The first-order valence-electron chi connectivity index (χ1n) is 12.0. The molecule has 0 unspecified atom stereocenters. The smallest absolute Gasteiger partial charge is 0.306 e. The number of carbonyl (C=O) groups is 3. The first-order valence-corrected chi connectivity index (χ1v) is 12.0. The summed E-state index contributed by atoms with van der Waals surface area (Å²) in [7, 11) is 0. The van der Waals surface area contributed by atoms with Crippen molar-refractivity contribution < 1.29 is 29.0 Å². The van der Waals surface area contributed by atoms with Crippen LogP contribution in [0.3, 0.4) is 0 Å². The van der Waals surface area contributed by atoms with Crippen molar-refractivity contribution in [2.24, 2.45) is 0 Å². The van der Waals surface area contributed by atoms with Gasteiger partial charge in [-0.3, -0.25) is 9.59 Å². The summed E-state index contributed by atoms with van der Waals surface area (Å²) in [6.07, 6.45) is 17.3. The van der Waals surface area contributed by atoms with Gasteiger partial charge in [-0.05, 0) is 12.8 Å². The second kappa shape index (κ2) is 22.3. The van der Waals surface area contributed by atoms with Crippen LogP contribution in [0.2, 0.25) is 0 Å². The monoisotopic (exact) mass is 428 g/mol. The zero-order chi connectivity index (χ0) is 22.3. The zero-order valence-corrected chi connectivity index (χ0v) is 19.1. The number of hydrogen-bond donors (Lipinski definition) is 1. The number of carbonyl (C=O) groups excluding carboxylic acids is 3. The van der Waals surface area contributed by atoms with E-state index in [1.165, 1.54) is 64.2 Å². The van der Waals surface area contributed by atoms with E-state index in [4.69, 9.17) is 9.47 Å². The fourth-order valence-electron chi connectivity index (χ4n) is 3.24. The van der Waals surface area contributed by atoms with Gasteiger partial charge in [-0.2, -0.15) is 0 Å². The van der Waals surface area contributed by atoms with Gasteiger partial charge in [0.05, 0.1) is 6.61 Å².